The zero-order chi connectivity index (χ0) is 21.8. The predicted octanol–water partition coefficient (Wildman–Crippen LogP) is 3.17. The summed E-state index contributed by atoms with van der Waals surface area (Å²) in [6.45, 7) is 2.69. The molecule has 0 saturated heterocycles. The highest BCUT2D eigenvalue weighted by Gasteiger charge is 2.11. The number of hydrogen-bond donors (Lipinski definition) is 2. The quantitative estimate of drug-likeness (QED) is 0.509. The van der Waals surface area contributed by atoms with Gasteiger partial charge in [-0.15, -0.1) is 0 Å². The Labute approximate surface area is 179 Å². The average Bonchev–Trinajstić information content (AvgIpc) is 2.78. The van der Waals surface area contributed by atoms with Gasteiger partial charge in [-0.25, -0.2) is 4.79 Å². The van der Waals surface area contributed by atoms with Gasteiger partial charge in [-0.2, -0.15) is 0 Å². The first kappa shape index (κ1) is 20.3. The van der Waals surface area contributed by atoms with Crippen LogP contribution in [0.2, 0.25) is 0 Å². The first-order valence-corrected chi connectivity index (χ1v) is 10.2. The minimum Gasteiger partial charge on any atom is -0.348 e. The molecule has 6 heteroatoms. The number of amides is 1. The van der Waals surface area contributed by atoms with Gasteiger partial charge < -0.3 is 10.3 Å². The number of carbonyl (C=O) groups is 1. The van der Waals surface area contributed by atoms with E-state index >= 15 is 0 Å². The minimum absolute atomic E-state index is 0.267. The van der Waals surface area contributed by atoms with Gasteiger partial charge in [-0.1, -0.05) is 60.2 Å². The Morgan fingerprint density at radius 3 is 2.42 bits per heavy atom. The molecule has 0 atom stereocenters. The number of aromatic nitrogens is 2. The summed E-state index contributed by atoms with van der Waals surface area (Å²) in [6, 6.07) is 22.3. The molecule has 0 fully saturated rings. The predicted molar refractivity (Wildman–Crippen MR) is 121 cm³/mol. The van der Waals surface area contributed by atoms with Crippen LogP contribution in [0.3, 0.4) is 0 Å². The highest BCUT2D eigenvalue weighted by atomic mass is 16.2. The van der Waals surface area contributed by atoms with Crippen LogP contribution in [0.1, 0.15) is 27.0 Å². The van der Waals surface area contributed by atoms with Crippen LogP contribution in [-0.4, -0.2) is 15.5 Å². The molecule has 0 aliphatic rings. The summed E-state index contributed by atoms with van der Waals surface area (Å²) in [4.78, 5) is 40.6. The molecule has 31 heavy (non-hydrogen) atoms. The van der Waals surface area contributed by atoms with Gasteiger partial charge in [0.15, 0.2) is 0 Å². The van der Waals surface area contributed by atoms with Gasteiger partial charge in [-0.3, -0.25) is 14.2 Å². The van der Waals surface area contributed by atoms with Crippen LogP contribution < -0.4 is 16.6 Å². The summed E-state index contributed by atoms with van der Waals surface area (Å²) < 4.78 is 1.20. The molecule has 0 saturated carbocycles. The molecular formula is C25H23N3O3. The number of fused-ring (bicyclic) bond motifs is 1. The standard InChI is InChI=1S/C25H23N3O3/c1-17-7-9-19(10-8-17)16-26-23(29)20-11-12-21-22(15-20)27-25(31)28(24(21)30)14-13-18-5-3-2-4-6-18/h2-12,15H,13-14,16H2,1H3,(H,26,29)(H,27,31). The Balaban J connectivity index is 1.53. The SMILES string of the molecule is Cc1ccc(CNC(=O)c2ccc3c(=O)n(CCc4ccccc4)c(=O)[nH]c3c2)cc1. The Bertz CT molecular complexity index is 1340. The van der Waals surface area contributed by atoms with Crippen molar-refractivity contribution in [1.29, 1.82) is 0 Å². The lowest BCUT2D eigenvalue weighted by atomic mass is 10.1. The van der Waals surface area contributed by atoms with Crippen LogP contribution in [0, 0.1) is 6.92 Å². The second-order valence-corrected chi connectivity index (χ2v) is 7.55. The maximum absolute atomic E-state index is 12.8. The molecule has 1 heterocycles. The van der Waals surface area contributed by atoms with Crippen molar-refractivity contribution in [3.63, 3.8) is 0 Å². The molecule has 156 valence electrons. The normalized spacial score (nSPS) is 10.9. The van der Waals surface area contributed by atoms with Crippen molar-refractivity contribution in [2.75, 3.05) is 0 Å². The molecule has 0 aliphatic heterocycles. The zero-order valence-corrected chi connectivity index (χ0v) is 17.2. The molecule has 1 aromatic heterocycles. The summed E-state index contributed by atoms with van der Waals surface area (Å²) in [5, 5.41) is 3.24. The molecule has 0 aliphatic carbocycles. The number of aromatic amines is 1. The second-order valence-electron chi connectivity index (χ2n) is 7.55. The maximum Gasteiger partial charge on any atom is 0.328 e. The molecule has 0 bridgehead atoms. The van der Waals surface area contributed by atoms with Crippen molar-refractivity contribution in [2.45, 2.75) is 26.4 Å². The summed E-state index contributed by atoms with van der Waals surface area (Å²) in [5.74, 6) is -0.267. The van der Waals surface area contributed by atoms with Crippen molar-refractivity contribution in [3.8, 4) is 0 Å². The van der Waals surface area contributed by atoms with E-state index in [2.05, 4.69) is 10.3 Å². The Morgan fingerprint density at radius 1 is 0.935 bits per heavy atom. The van der Waals surface area contributed by atoms with Crippen molar-refractivity contribution < 1.29 is 4.79 Å². The van der Waals surface area contributed by atoms with Crippen molar-refractivity contribution in [2.24, 2.45) is 0 Å². The van der Waals surface area contributed by atoms with Crippen LogP contribution in [0.25, 0.3) is 10.9 Å². The topological polar surface area (TPSA) is 84.0 Å². The lowest BCUT2D eigenvalue weighted by Crippen LogP contribution is -2.35. The fraction of sp³-hybridized carbons (Fsp3) is 0.160. The average molecular weight is 413 g/mol. The fourth-order valence-corrected chi connectivity index (χ4v) is 3.47. The Morgan fingerprint density at radius 2 is 1.68 bits per heavy atom. The monoisotopic (exact) mass is 413 g/mol. The van der Waals surface area contributed by atoms with E-state index in [-0.39, 0.29) is 18.0 Å². The second kappa shape index (κ2) is 8.83. The summed E-state index contributed by atoms with van der Waals surface area (Å²) in [7, 11) is 0. The van der Waals surface area contributed by atoms with Gasteiger partial charge in [0.05, 0.1) is 10.9 Å². The smallest absolute Gasteiger partial charge is 0.328 e. The summed E-state index contributed by atoms with van der Waals surface area (Å²) >= 11 is 0. The van der Waals surface area contributed by atoms with E-state index in [1.54, 1.807) is 18.2 Å². The zero-order valence-electron chi connectivity index (χ0n) is 17.2. The lowest BCUT2D eigenvalue weighted by molar-refractivity contribution is 0.0951. The van der Waals surface area contributed by atoms with Gasteiger partial charge in [0.2, 0.25) is 0 Å². The van der Waals surface area contributed by atoms with Crippen LogP contribution in [0.15, 0.2) is 82.4 Å². The number of aryl methyl sites for hydroxylation is 2. The Kier molecular flexibility index (Phi) is 5.80. The van der Waals surface area contributed by atoms with E-state index < -0.39 is 5.69 Å². The summed E-state index contributed by atoms with van der Waals surface area (Å²) in [5.41, 5.74) is 3.10. The molecule has 1 amide bonds. The highest BCUT2D eigenvalue weighted by Crippen LogP contribution is 2.10. The maximum atomic E-state index is 12.8. The number of carbonyl (C=O) groups excluding carboxylic acids is 1. The van der Waals surface area contributed by atoms with Crippen molar-refractivity contribution in [1.82, 2.24) is 14.9 Å². The van der Waals surface area contributed by atoms with Gasteiger partial charge >= 0.3 is 5.69 Å². The Hall–Kier alpha value is -3.93. The van der Waals surface area contributed by atoms with Crippen LogP contribution in [-0.2, 0) is 19.5 Å². The third-order valence-corrected chi connectivity index (χ3v) is 5.28. The lowest BCUT2D eigenvalue weighted by Gasteiger charge is -2.09. The van der Waals surface area contributed by atoms with E-state index in [0.29, 0.717) is 29.4 Å². The van der Waals surface area contributed by atoms with E-state index in [1.165, 1.54) is 4.57 Å². The number of rotatable bonds is 6. The molecular weight excluding hydrogens is 390 g/mol. The molecule has 4 aromatic rings. The molecule has 4 rings (SSSR count). The number of benzene rings is 3. The number of hydrogen-bond acceptors (Lipinski definition) is 3. The van der Waals surface area contributed by atoms with E-state index in [4.69, 9.17) is 0 Å². The highest BCUT2D eigenvalue weighted by molar-refractivity contribution is 5.97. The van der Waals surface area contributed by atoms with Crippen molar-refractivity contribution >= 4 is 16.8 Å². The summed E-state index contributed by atoms with van der Waals surface area (Å²) in [6.07, 6.45) is 0.578. The molecule has 0 unspecified atom stereocenters. The number of nitrogens with zero attached hydrogens (tertiary/aromatic N) is 1. The van der Waals surface area contributed by atoms with Crippen molar-refractivity contribution in [3.05, 3.63) is 116 Å². The van der Waals surface area contributed by atoms with Gasteiger partial charge in [0.1, 0.15) is 0 Å². The van der Waals surface area contributed by atoms with Gasteiger partial charge in [0, 0.05) is 18.7 Å². The van der Waals surface area contributed by atoms with Gasteiger partial charge in [-0.05, 0) is 42.7 Å². The van der Waals surface area contributed by atoms with Crippen LogP contribution in [0.4, 0.5) is 0 Å². The van der Waals surface area contributed by atoms with Crippen LogP contribution >= 0.6 is 0 Å². The third kappa shape index (κ3) is 4.64. The van der Waals surface area contributed by atoms with Gasteiger partial charge in [0.25, 0.3) is 11.5 Å². The van der Waals surface area contributed by atoms with E-state index in [1.807, 2.05) is 61.5 Å². The van der Waals surface area contributed by atoms with E-state index in [9.17, 15) is 14.4 Å². The molecule has 3 aromatic carbocycles. The first-order valence-electron chi connectivity index (χ1n) is 10.2. The first-order chi connectivity index (χ1) is 15.0. The van der Waals surface area contributed by atoms with Crippen LogP contribution in [0.5, 0.6) is 0 Å². The number of H-pyrrole nitrogens is 1. The minimum atomic E-state index is -0.481. The molecule has 6 nitrogen and oxygen atoms in total. The number of nitrogens with one attached hydrogen (secondary N) is 2. The largest absolute Gasteiger partial charge is 0.348 e. The molecule has 0 radical (unpaired) electrons. The fourth-order valence-electron chi connectivity index (χ4n) is 3.47. The third-order valence-electron chi connectivity index (χ3n) is 5.28. The van der Waals surface area contributed by atoms with E-state index in [0.717, 1.165) is 16.7 Å². The molecule has 2 N–H and O–H groups in total. The molecule has 0 spiro atoms.